The van der Waals surface area contributed by atoms with Gasteiger partial charge in [-0.3, -0.25) is 4.79 Å². The Hall–Kier alpha value is -3.44. The molecule has 1 aromatic carbocycles. The third-order valence-electron chi connectivity index (χ3n) is 5.84. The molecule has 2 aliphatic heterocycles. The van der Waals surface area contributed by atoms with Crippen molar-refractivity contribution >= 4 is 0 Å². The Bertz CT molecular complexity index is 1140. The lowest BCUT2D eigenvalue weighted by Gasteiger charge is -2.29. The van der Waals surface area contributed by atoms with E-state index in [-0.39, 0.29) is 23.1 Å². The van der Waals surface area contributed by atoms with Gasteiger partial charge in [-0.05, 0) is 25.8 Å². The van der Waals surface area contributed by atoms with Crippen molar-refractivity contribution in [2.45, 2.75) is 38.3 Å². The Morgan fingerprint density at radius 2 is 2.13 bits per heavy atom. The number of pyridine rings is 1. The molecule has 8 heteroatoms. The summed E-state index contributed by atoms with van der Waals surface area (Å²) in [4.78, 5) is 13.7. The molecule has 2 aliphatic rings. The number of para-hydroxylation sites is 1. The van der Waals surface area contributed by atoms with Crippen LogP contribution in [0.2, 0.25) is 0 Å². The van der Waals surface area contributed by atoms with E-state index in [1.807, 2.05) is 6.92 Å². The first-order chi connectivity index (χ1) is 15.0. The Morgan fingerprint density at radius 3 is 2.77 bits per heavy atom. The van der Waals surface area contributed by atoms with E-state index >= 15 is 0 Å². The molecule has 3 heterocycles. The van der Waals surface area contributed by atoms with Gasteiger partial charge >= 0.3 is 0 Å². The molecule has 0 bridgehead atoms. The summed E-state index contributed by atoms with van der Waals surface area (Å²) in [6.45, 7) is 3.00. The largest absolute Gasteiger partial charge is 0.493 e. The monoisotopic (exact) mass is 423 g/mol. The van der Waals surface area contributed by atoms with E-state index in [1.165, 1.54) is 14.2 Å². The lowest BCUT2D eigenvalue weighted by Crippen LogP contribution is -2.35. The Labute approximate surface area is 180 Å². The zero-order valence-corrected chi connectivity index (χ0v) is 17.8. The highest BCUT2D eigenvalue weighted by molar-refractivity contribution is 5.60. The first-order valence-corrected chi connectivity index (χ1v) is 10.1. The van der Waals surface area contributed by atoms with Gasteiger partial charge in [-0.2, -0.15) is 5.26 Å². The van der Waals surface area contributed by atoms with Crippen LogP contribution in [0.3, 0.4) is 0 Å². The van der Waals surface area contributed by atoms with Crippen molar-refractivity contribution in [3.8, 4) is 23.3 Å². The predicted octanol–water partition coefficient (Wildman–Crippen LogP) is 2.57. The number of fused-ring (bicyclic) bond motifs is 1. The molecule has 1 aromatic heterocycles. The van der Waals surface area contributed by atoms with Crippen LogP contribution < -0.4 is 25.5 Å². The van der Waals surface area contributed by atoms with Crippen molar-refractivity contribution in [2.24, 2.45) is 5.73 Å². The van der Waals surface area contributed by atoms with Crippen molar-refractivity contribution < 1.29 is 18.9 Å². The van der Waals surface area contributed by atoms with Gasteiger partial charge in [0.05, 0.1) is 38.3 Å². The van der Waals surface area contributed by atoms with Crippen molar-refractivity contribution in [3.05, 3.63) is 62.9 Å². The number of allylic oxidation sites excluding steroid dienone is 1. The molecule has 0 saturated carbocycles. The maximum atomic E-state index is 13.7. The van der Waals surface area contributed by atoms with Crippen LogP contribution in [0.5, 0.6) is 17.2 Å². The highest BCUT2D eigenvalue weighted by atomic mass is 16.5. The number of benzene rings is 1. The van der Waals surface area contributed by atoms with Crippen molar-refractivity contribution in [2.75, 3.05) is 20.8 Å². The van der Waals surface area contributed by atoms with Crippen molar-refractivity contribution in [1.29, 1.82) is 5.26 Å². The topological polar surface area (TPSA) is 109 Å². The number of hydrogen-bond acceptors (Lipinski definition) is 7. The molecule has 0 unspecified atom stereocenters. The normalized spacial score (nSPS) is 20.1. The molecule has 0 radical (unpaired) electrons. The Morgan fingerprint density at radius 1 is 1.32 bits per heavy atom. The lowest BCUT2D eigenvalue weighted by molar-refractivity contribution is 0.0954. The fraction of sp³-hybridized carbons (Fsp3) is 0.391. The molecule has 162 valence electrons. The molecule has 2 atom stereocenters. The second kappa shape index (κ2) is 8.36. The first-order valence-electron chi connectivity index (χ1n) is 10.1. The van der Waals surface area contributed by atoms with Gasteiger partial charge in [-0.25, -0.2) is 0 Å². The van der Waals surface area contributed by atoms with Gasteiger partial charge in [0.15, 0.2) is 11.5 Å². The number of ether oxygens (including phenoxy) is 4. The minimum Gasteiger partial charge on any atom is -0.493 e. The summed E-state index contributed by atoms with van der Waals surface area (Å²) in [6.07, 6.45) is 1.87. The lowest BCUT2D eigenvalue weighted by atomic mass is 9.83. The van der Waals surface area contributed by atoms with E-state index < -0.39 is 5.92 Å². The third kappa shape index (κ3) is 3.51. The van der Waals surface area contributed by atoms with E-state index in [0.29, 0.717) is 41.5 Å². The second-order valence-corrected chi connectivity index (χ2v) is 7.62. The van der Waals surface area contributed by atoms with E-state index in [1.54, 1.807) is 28.8 Å². The van der Waals surface area contributed by atoms with Crippen LogP contribution in [0.1, 0.15) is 35.6 Å². The summed E-state index contributed by atoms with van der Waals surface area (Å²) < 4.78 is 24.2. The van der Waals surface area contributed by atoms with Crippen LogP contribution in [0.4, 0.5) is 0 Å². The van der Waals surface area contributed by atoms with Crippen molar-refractivity contribution in [3.63, 3.8) is 0 Å². The van der Waals surface area contributed by atoms with Gasteiger partial charge in [0.1, 0.15) is 17.4 Å². The maximum absolute atomic E-state index is 13.7. The highest BCUT2D eigenvalue weighted by Crippen LogP contribution is 2.46. The van der Waals surface area contributed by atoms with Gasteiger partial charge in [0, 0.05) is 23.9 Å². The Balaban J connectivity index is 1.95. The summed E-state index contributed by atoms with van der Waals surface area (Å²) in [5.74, 6) is 0.505. The number of rotatable bonds is 5. The van der Waals surface area contributed by atoms with Gasteiger partial charge in [-0.15, -0.1) is 0 Å². The van der Waals surface area contributed by atoms with Crippen LogP contribution in [-0.4, -0.2) is 31.5 Å². The average Bonchev–Trinajstić information content (AvgIpc) is 3.28. The van der Waals surface area contributed by atoms with Gasteiger partial charge in [0.2, 0.25) is 5.88 Å². The van der Waals surface area contributed by atoms with Gasteiger partial charge in [-0.1, -0.05) is 12.1 Å². The number of hydrogen-bond donors (Lipinski definition) is 1. The number of nitrogens with zero attached hydrogens (tertiary/aromatic N) is 2. The summed E-state index contributed by atoms with van der Waals surface area (Å²) in [7, 11) is 3.05. The van der Waals surface area contributed by atoms with E-state index in [0.717, 1.165) is 18.5 Å². The SMILES string of the molecule is COc1cccc([C@H]2C(C#N)=C(N)Oc3cc(C)n(C[C@H]4CCCO4)c(=O)c32)c1OC. The first kappa shape index (κ1) is 20.8. The molecule has 0 aliphatic carbocycles. The number of nitrogens with two attached hydrogens (primary N) is 1. The smallest absolute Gasteiger partial charge is 0.258 e. The second-order valence-electron chi connectivity index (χ2n) is 7.62. The molecule has 0 amide bonds. The van der Waals surface area contributed by atoms with Crippen molar-refractivity contribution in [1.82, 2.24) is 4.57 Å². The van der Waals surface area contributed by atoms with Crippen LogP contribution in [-0.2, 0) is 11.3 Å². The number of aromatic nitrogens is 1. The number of aryl methyl sites for hydroxylation is 1. The molecule has 8 nitrogen and oxygen atoms in total. The third-order valence-corrected chi connectivity index (χ3v) is 5.84. The summed E-state index contributed by atoms with van der Waals surface area (Å²) in [5, 5.41) is 9.88. The molecular weight excluding hydrogens is 398 g/mol. The fourth-order valence-corrected chi connectivity index (χ4v) is 4.36. The molecule has 31 heavy (non-hydrogen) atoms. The zero-order valence-electron chi connectivity index (χ0n) is 17.8. The molecular formula is C23H25N3O5. The molecule has 1 fully saturated rings. The number of methoxy groups -OCH3 is 2. The molecule has 1 saturated heterocycles. The zero-order chi connectivity index (χ0) is 22.1. The highest BCUT2D eigenvalue weighted by Gasteiger charge is 2.37. The van der Waals surface area contributed by atoms with Crippen LogP contribution in [0.25, 0.3) is 0 Å². The molecule has 0 spiro atoms. The van der Waals surface area contributed by atoms with Crippen LogP contribution >= 0.6 is 0 Å². The minimum absolute atomic E-state index is 0.0141. The Kier molecular flexibility index (Phi) is 5.61. The summed E-state index contributed by atoms with van der Waals surface area (Å²) in [5.41, 5.74) is 7.71. The standard InChI is InChI=1S/C23H25N3O5/c1-13-10-18-20(23(27)26(13)12-14-6-5-9-30-14)19(16(11-24)22(25)31-18)15-7-4-8-17(28-2)21(15)29-3/h4,7-8,10,14,19H,5-6,9,12,25H2,1-3H3/t14-,19+/m1/s1. The minimum atomic E-state index is -0.748. The summed E-state index contributed by atoms with van der Waals surface area (Å²) >= 11 is 0. The average molecular weight is 423 g/mol. The van der Waals surface area contributed by atoms with E-state index in [2.05, 4.69) is 6.07 Å². The van der Waals surface area contributed by atoms with Gasteiger partial charge < -0.3 is 29.2 Å². The van der Waals surface area contributed by atoms with Crippen LogP contribution in [0.15, 0.2) is 40.5 Å². The van der Waals surface area contributed by atoms with E-state index in [9.17, 15) is 10.1 Å². The quantitative estimate of drug-likeness (QED) is 0.787. The summed E-state index contributed by atoms with van der Waals surface area (Å²) in [6, 6.07) is 9.26. The predicted molar refractivity (Wildman–Crippen MR) is 113 cm³/mol. The number of nitriles is 1. The maximum Gasteiger partial charge on any atom is 0.258 e. The van der Waals surface area contributed by atoms with Gasteiger partial charge in [0.25, 0.3) is 5.56 Å². The molecule has 4 rings (SSSR count). The van der Waals surface area contributed by atoms with Crippen LogP contribution in [0, 0.1) is 18.3 Å². The molecule has 2 aromatic rings. The van der Waals surface area contributed by atoms with E-state index in [4.69, 9.17) is 24.7 Å². The fourth-order valence-electron chi connectivity index (χ4n) is 4.36. The molecule has 2 N–H and O–H groups in total.